The van der Waals surface area contributed by atoms with Crippen LogP contribution in [0.3, 0.4) is 0 Å². The maximum atomic E-state index is 14.6. The van der Waals surface area contributed by atoms with Gasteiger partial charge in [-0.2, -0.15) is 5.10 Å². The highest BCUT2D eigenvalue weighted by Crippen LogP contribution is 2.32. The lowest BCUT2D eigenvalue weighted by molar-refractivity contribution is 0.148. The number of nitrogens with zero attached hydrogens (tertiary/aromatic N) is 3. The first-order valence-electron chi connectivity index (χ1n) is 9.42. The third-order valence-electron chi connectivity index (χ3n) is 5.12. The van der Waals surface area contributed by atoms with E-state index in [1.165, 1.54) is 21.7 Å². The summed E-state index contributed by atoms with van der Waals surface area (Å²) in [4.78, 5) is 12.7. The van der Waals surface area contributed by atoms with Gasteiger partial charge < -0.3 is 10.0 Å². The van der Waals surface area contributed by atoms with Crippen molar-refractivity contribution in [2.75, 3.05) is 13.1 Å². The second-order valence-electron chi connectivity index (χ2n) is 6.89. The van der Waals surface area contributed by atoms with Crippen LogP contribution in [-0.4, -0.2) is 39.0 Å². The van der Waals surface area contributed by atoms with E-state index in [0.29, 0.717) is 29.2 Å². The van der Waals surface area contributed by atoms with Crippen LogP contribution in [0.1, 0.15) is 12.6 Å². The van der Waals surface area contributed by atoms with Crippen molar-refractivity contribution in [3.8, 4) is 5.69 Å². The maximum Gasteiger partial charge on any atom is 0.407 e. The van der Waals surface area contributed by atoms with Gasteiger partial charge in [-0.25, -0.2) is 18.3 Å². The number of amides is 1. The van der Waals surface area contributed by atoms with Gasteiger partial charge >= 0.3 is 6.09 Å². The number of halogens is 3. The molecule has 0 fully saturated rings. The zero-order chi connectivity index (χ0) is 21.4. The lowest BCUT2D eigenvalue weighted by Crippen LogP contribution is -2.31. The Kier molecular flexibility index (Phi) is 5.30. The quantitative estimate of drug-likeness (QED) is 0.445. The van der Waals surface area contributed by atoms with Gasteiger partial charge in [-0.3, -0.25) is 0 Å². The standard InChI is InChI=1S/C22H18ClF2N3O2/c1-2-27(22(29)30)10-9-20-21-16-6-4-14(23)11-13(16)3-7-18(21)26-28(20)19-8-5-15(24)12-17(19)25/h3-8,11-12H,2,9-10H2,1H3,(H,29,30). The summed E-state index contributed by atoms with van der Waals surface area (Å²) in [6, 6.07) is 12.4. The van der Waals surface area contributed by atoms with Crippen molar-refractivity contribution in [2.24, 2.45) is 0 Å². The SMILES string of the molecule is CCN(CCc1c2c(ccc3cc(Cl)ccc32)nn1-c1ccc(F)cc1F)C(=O)O. The minimum absolute atomic E-state index is 0.100. The number of rotatable bonds is 5. The van der Waals surface area contributed by atoms with E-state index in [1.54, 1.807) is 13.0 Å². The van der Waals surface area contributed by atoms with E-state index in [1.807, 2.05) is 24.3 Å². The minimum atomic E-state index is -1.03. The first-order valence-corrected chi connectivity index (χ1v) is 9.80. The van der Waals surface area contributed by atoms with Crippen molar-refractivity contribution < 1.29 is 18.7 Å². The zero-order valence-corrected chi connectivity index (χ0v) is 16.8. The normalized spacial score (nSPS) is 11.3. The second-order valence-corrected chi connectivity index (χ2v) is 7.33. The number of benzene rings is 3. The topological polar surface area (TPSA) is 58.4 Å². The van der Waals surface area contributed by atoms with E-state index in [2.05, 4.69) is 5.10 Å². The largest absolute Gasteiger partial charge is 0.465 e. The van der Waals surface area contributed by atoms with Crippen LogP contribution >= 0.6 is 11.6 Å². The van der Waals surface area contributed by atoms with Crippen molar-refractivity contribution in [3.05, 3.63) is 70.9 Å². The Morgan fingerprint density at radius 1 is 1.17 bits per heavy atom. The van der Waals surface area contributed by atoms with E-state index < -0.39 is 17.7 Å². The summed E-state index contributed by atoms with van der Waals surface area (Å²) in [5.41, 5.74) is 1.37. The molecule has 0 saturated heterocycles. The zero-order valence-electron chi connectivity index (χ0n) is 16.1. The average molecular weight is 430 g/mol. The summed E-state index contributed by atoms with van der Waals surface area (Å²) in [7, 11) is 0. The molecule has 154 valence electrons. The van der Waals surface area contributed by atoms with Crippen molar-refractivity contribution in [1.29, 1.82) is 0 Å². The van der Waals surface area contributed by atoms with Crippen LogP contribution in [0.25, 0.3) is 27.4 Å². The molecule has 0 spiro atoms. The number of hydrogen-bond donors (Lipinski definition) is 1. The predicted molar refractivity (Wildman–Crippen MR) is 112 cm³/mol. The third kappa shape index (κ3) is 3.57. The highest BCUT2D eigenvalue weighted by Gasteiger charge is 2.20. The fourth-order valence-electron chi connectivity index (χ4n) is 3.66. The maximum absolute atomic E-state index is 14.6. The lowest BCUT2D eigenvalue weighted by Gasteiger charge is -2.17. The average Bonchev–Trinajstić information content (AvgIpc) is 3.06. The first kappa shape index (κ1) is 20.1. The molecule has 0 unspecified atom stereocenters. The third-order valence-corrected chi connectivity index (χ3v) is 5.36. The number of fused-ring (bicyclic) bond motifs is 3. The highest BCUT2D eigenvalue weighted by molar-refractivity contribution is 6.31. The predicted octanol–water partition coefficient (Wildman–Crippen LogP) is 5.65. The van der Waals surface area contributed by atoms with E-state index >= 15 is 0 Å². The Labute approximate surface area is 176 Å². The Balaban J connectivity index is 1.96. The van der Waals surface area contributed by atoms with E-state index in [0.717, 1.165) is 22.2 Å². The molecule has 4 rings (SSSR count). The number of carboxylic acid groups (broad SMARTS) is 1. The number of likely N-dealkylation sites (N-methyl/N-ethyl adjacent to an activating group) is 1. The monoisotopic (exact) mass is 429 g/mol. The van der Waals surface area contributed by atoms with Gasteiger partial charge in [0.2, 0.25) is 0 Å². The van der Waals surface area contributed by atoms with Gasteiger partial charge in [-0.1, -0.05) is 23.7 Å². The van der Waals surface area contributed by atoms with Crippen LogP contribution in [-0.2, 0) is 6.42 Å². The van der Waals surface area contributed by atoms with Gasteiger partial charge in [0.15, 0.2) is 5.82 Å². The van der Waals surface area contributed by atoms with Gasteiger partial charge in [0, 0.05) is 36.0 Å². The molecule has 0 radical (unpaired) electrons. The molecule has 1 amide bonds. The molecular formula is C22H18ClF2N3O2. The number of carbonyl (C=O) groups is 1. The molecule has 0 aliphatic heterocycles. The van der Waals surface area contributed by atoms with Crippen LogP contribution in [0.15, 0.2) is 48.5 Å². The smallest absolute Gasteiger partial charge is 0.407 e. The molecule has 0 bridgehead atoms. The van der Waals surface area contributed by atoms with Crippen LogP contribution in [0.2, 0.25) is 5.02 Å². The molecule has 30 heavy (non-hydrogen) atoms. The van der Waals surface area contributed by atoms with Crippen molar-refractivity contribution in [2.45, 2.75) is 13.3 Å². The van der Waals surface area contributed by atoms with E-state index in [9.17, 15) is 18.7 Å². The fraction of sp³-hybridized carbons (Fsp3) is 0.182. The summed E-state index contributed by atoms with van der Waals surface area (Å²) < 4.78 is 29.5. The lowest BCUT2D eigenvalue weighted by atomic mass is 10.0. The molecule has 0 saturated carbocycles. The fourth-order valence-corrected chi connectivity index (χ4v) is 3.84. The first-order chi connectivity index (χ1) is 14.4. The molecular weight excluding hydrogens is 412 g/mol. The van der Waals surface area contributed by atoms with Gasteiger partial charge in [-0.15, -0.1) is 0 Å². The summed E-state index contributed by atoms with van der Waals surface area (Å²) in [6.07, 6.45) is -0.729. The molecule has 0 atom stereocenters. The minimum Gasteiger partial charge on any atom is -0.465 e. The number of hydrogen-bond acceptors (Lipinski definition) is 2. The molecule has 8 heteroatoms. The van der Waals surface area contributed by atoms with Crippen LogP contribution < -0.4 is 0 Å². The Morgan fingerprint density at radius 2 is 1.97 bits per heavy atom. The molecule has 3 aromatic carbocycles. The summed E-state index contributed by atoms with van der Waals surface area (Å²) in [6.45, 7) is 2.28. The van der Waals surface area contributed by atoms with Gasteiger partial charge in [-0.05, 0) is 48.0 Å². The van der Waals surface area contributed by atoms with Gasteiger partial charge in [0.25, 0.3) is 0 Å². The Bertz CT molecular complexity index is 1270. The molecule has 0 aliphatic carbocycles. The number of aromatic nitrogens is 2. The van der Waals surface area contributed by atoms with Gasteiger partial charge in [0.05, 0.1) is 11.2 Å². The summed E-state index contributed by atoms with van der Waals surface area (Å²) >= 11 is 6.12. The Hall–Kier alpha value is -3.19. The van der Waals surface area contributed by atoms with Crippen LogP contribution in [0, 0.1) is 11.6 Å². The van der Waals surface area contributed by atoms with Crippen molar-refractivity contribution >= 4 is 39.4 Å². The molecule has 4 aromatic rings. The van der Waals surface area contributed by atoms with Crippen LogP contribution in [0.4, 0.5) is 13.6 Å². The van der Waals surface area contributed by atoms with E-state index in [4.69, 9.17) is 11.6 Å². The van der Waals surface area contributed by atoms with E-state index in [-0.39, 0.29) is 12.2 Å². The van der Waals surface area contributed by atoms with Crippen molar-refractivity contribution in [3.63, 3.8) is 0 Å². The Morgan fingerprint density at radius 3 is 2.67 bits per heavy atom. The molecule has 1 N–H and O–H groups in total. The van der Waals surface area contributed by atoms with Crippen molar-refractivity contribution in [1.82, 2.24) is 14.7 Å². The van der Waals surface area contributed by atoms with Crippen LogP contribution in [0.5, 0.6) is 0 Å². The summed E-state index contributed by atoms with van der Waals surface area (Å²) in [5, 5.41) is 17.1. The molecule has 0 aliphatic rings. The second kappa shape index (κ2) is 7.91. The molecule has 1 heterocycles. The molecule has 1 aromatic heterocycles. The van der Waals surface area contributed by atoms with Gasteiger partial charge in [0.1, 0.15) is 11.5 Å². The summed E-state index contributed by atoms with van der Waals surface area (Å²) in [5.74, 6) is -1.43. The highest BCUT2D eigenvalue weighted by atomic mass is 35.5. The molecule has 5 nitrogen and oxygen atoms in total.